The lowest BCUT2D eigenvalue weighted by Crippen LogP contribution is -2.41. The molecule has 1 aromatic heterocycles. The predicted molar refractivity (Wildman–Crippen MR) is 78.9 cm³/mol. The average molecular weight is 264 g/mol. The van der Waals surface area contributed by atoms with Crippen molar-refractivity contribution < 1.29 is 0 Å². The minimum absolute atomic E-state index is 0.226. The summed E-state index contributed by atoms with van der Waals surface area (Å²) in [6.07, 6.45) is 5.63. The van der Waals surface area contributed by atoms with Gasteiger partial charge in [-0.05, 0) is 32.2 Å². The molecule has 1 fully saturated rings. The molecule has 2 N–H and O–H groups in total. The van der Waals surface area contributed by atoms with E-state index < -0.39 is 0 Å². The van der Waals surface area contributed by atoms with Crippen molar-refractivity contribution in [3.05, 3.63) is 17.5 Å². The lowest BCUT2D eigenvalue weighted by atomic mass is 9.96. The molecular formula is C15H28N4. The van der Waals surface area contributed by atoms with Gasteiger partial charge in [0.1, 0.15) is 0 Å². The van der Waals surface area contributed by atoms with Crippen LogP contribution in [-0.2, 0) is 7.05 Å². The molecule has 0 spiro atoms. The molecule has 1 saturated heterocycles. The Labute approximate surface area is 117 Å². The standard InChI is InChI=1S/C15H28N4/c1-11(2)10-19-8-6-5-7-14(16)15(19)13-9-17-18(4)12(13)3/h9,11,14-15H,5-8,10,16H2,1-4H3. The highest BCUT2D eigenvalue weighted by atomic mass is 15.3. The zero-order valence-electron chi connectivity index (χ0n) is 12.8. The molecule has 0 radical (unpaired) electrons. The molecule has 2 heterocycles. The molecule has 0 saturated carbocycles. The van der Waals surface area contributed by atoms with Crippen molar-refractivity contribution in [3.8, 4) is 0 Å². The Bertz CT molecular complexity index is 410. The van der Waals surface area contributed by atoms with Gasteiger partial charge in [0.2, 0.25) is 0 Å². The summed E-state index contributed by atoms with van der Waals surface area (Å²) in [5, 5.41) is 4.40. The summed E-state index contributed by atoms with van der Waals surface area (Å²) >= 11 is 0. The SMILES string of the molecule is Cc1c(C2C(N)CCCCN2CC(C)C)cnn1C. The second kappa shape index (κ2) is 6.06. The molecule has 0 aromatic carbocycles. The number of rotatable bonds is 3. The lowest BCUT2D eigenvalue weighted by molar-refractivity contribution is 0.165. The quantitative estimate of drug-likeness (QED) is 0.911. The fourth-order valence-corrected chi connectivity index (χ4v) is 3.17. The summed E-state index contributed by atoms with van der Waals surface area (Å²) in [4.78, 5) is 2.58. The molecule has 0 amide bonds. The molecule has 1 aromatic rings. The summed E-state index contributed by atoms with van der Waals surface area (Å²) in [5.41, 5.74) is 9.04. The molecule has 19 heavy (non-hydrogen) atoms. The zero-order chi connectivity index (χ0) is 14.0. The van der Waals surface area contributed by atoms with E-state index >= 15 is 0 Å². The third-order valence-corrected chi connectivity index (χ3v) is 4.22. The summed E-state index contributed by atoms with van der Waals surface area (Å²) < 4.78 is 1.96. The van der Waals surface area contributed by atoms with Crippen molar-refractivity contribution in [2.45, 2.75) is 52.1 Å². The summed E-state index contributed by atoms with van der Waals surface area (Å²) in [6, 6.07) is 0.558. The second-order valence-electron chi connectivity index (χ2n) is 6.30. The lowest BCUT2D eigenvalue weighted by Gasteiger charge is -2.34. The largest absolute Gasteiger partial charge is 0.326 e. The fourth-order valence-electron chi connectivity index (χ4n) is 3.17. The number of likely N-dealkylation sites (tertiary alicyclic amines) is 1. The first kappa shape index (κ1) is 14.5. The first-order valence-corrected chi connectivity index (χ1v) is 7.48. The van der Waals surface area contributed by atoms with Crippen LogP contribution < -0.4 is 5.73 Å². The van der Waals surface area contributed by atoms with Crippen LogP contribution in [0.2, 0.25) is 0 Å². The van der Waals surface area contributed by atoms with E-state index in [0.717, 1.165) is 19.5 Å². The number of hydrogen-bond donors (Lipinski definition) is 1. The van der Waals surface area contributed by atoms with E-state index in [1.165, 1.54) is 24.1 Å². The first-order valence-electron chi connectivity index (χ1n) is 7.48. The number of nitrogens with zero attached hydrogens (tertiary/aromatic N) is 3. The van der Waals surface area contributed by atoms with Crippen molar-refractivity contribution in [2.75, 3.05) is 13.1 Å². The predicted octanol–water partition coefficient (Wildman–Crippen LogP) is 2.24. The highest BCUT2D eigenvalue weighted by molar-refractivity contribution is 5.23. The van der Waals surface area contributed by atoms with E-state index in [9.17, 15) is 0 Å². The van der Waals surface area contributed by atoms with Gasteiger partial charge in [-0.3, -0.25) is 9.58 Å². The van der Waals surface area contributed by atoms with Crippen LogP contribution in [0.5, 0.6) is 0 Å². The van der Waals surface area contributed by atoms with Crippen molar-refractivity contribution in [3.63, 3.8) is 0 Å². The van der Waals surface area contributed by atoms with Crippen molar-refractivity contribution in [1.29, 1.82) is 0 Å². The van der Waals surface area contributed by atoms with E-state index in [0.29, 0.717) is 12.0 Å². The van der Waals surface area contributed by atoms with E-state index in [2.05, 4.69) is 30.8 Å². The molecule has 2 atom stereocenters. The van der Waals surface area contributed by atoms with E-state index in [4.69, 9.17) is 5.73 Å². The van der Waals surface area contributed by atoms with Gasteiger partial charge in [0.15, 0.2) is 0 Å². The minimum atomic E-state index is 0.226. The van der Waals surface area contributed by atoms with Gasteiger partial charge in [-0.25, -0.2) is 0 Å². The van der Waals surface area contributed by atoms with Crippen LogP contribution in [0.3, 0.4) is 0 Å². The molecule has 0 aliphatic carbocycles. The molecule has 0 bridgehead atoms. The Hall–Kier alpha value is -0.870. The highest BCUT2D eigenvalue weighted by Crippen LogP contribution is 2.31. The Morgan fingerprint density at radius 3 is 2.74 bits per heavy atom. The molecule has 1 aliphatic rings. The number of aromatic nitrogens is 2. The van der Waals surface area contributed by atoms with Crippen molar-refractivity contribution in [2.24, 2.45) is 18.7 Å². The van der Waals surface area contributed by atoms with Gasteiger partial charge in [-0.1, -0.05) is 20.3 Å². The smallest absolute Gasteiger partial charge is 0.0541 e. The van der Waals surface area contributed by atoms with Crippen LogP contribution in [0, 0.1) is 12.8 Å². The summed E-state index contributed by atoms with van der Waals surface area (Å²) in [6.45, 7) is 8.98. The normalized spacial score (nSPS) is 25.8. The molecule has 4 nitrogen and oxygen atoms in total. The first-order chi connectivity index (χ1) is 9.00. The van der Waals surface area contributed by atoms with E-state index in [1.54, 1.807) is 0 Å². The van der Waals surface area contributed by atoms with E-state index in [-0.39, 0.29) is 6.04 Å². The summed E-state index contributed by atoms with van der Waals surface area (Å²) in [5.74, 6) is 0.671. The van der Waals surface area contributed by atoms with Crippen LogP contribution in [0.15, 0.2) is 6.20 Å². The Morgan fingerprint density at radius 2 is 2.16 bits per heavy atom. The molecule has 108 valence electrons. The molecule has 4 heteroatoms. The van der Waals surface area contributed by atoms with Crippen LogP contribution in [0.25, 0.3) is 0 Å². The van der Waals surface area contributed by atoms with Crippen molar-refractivity contribution >= 4 is 0 Å². The average Bonchev–Trinajstić information content (AvgIpc) is 2.56. The van der Waals surface area contributed by atoms with E-state index in [1.807, 2.05) is 17.9 Å². The van der Waals surface area contributed by atoms with Crippen molar-refractivity contribution in [1.82, 2.24) is 14.7 Å². The minimum Gasteiger partial charge on any atom is -0.326 e. The van der Waals surface area contributed by atoms with Gasteiger partial charge in [0.25, 0.3) is 0 Å². The Morgan fingerprint density at radius 1 is 1.42 bits per heavy atom. The zero-order valence-corrected chi connectivity index (χ0v) is 12.8. The second-order valence-corrected chi connectivity index (χ2v) is 6.30. The number of nitrogens with two attached hydrogens (primary N) is 1. The maximum atomic E-state index is 6.48. The van der Waals surface area contributed by atoms with Gasteiger partial charge >= 0.3 is 0 Å². The maximum Gasteiger partial charge on any atom is 0.0541 e. The molecule has 2 unspecified atom stereocenters. The monoisotopic (exact) mass is 264 g/mol. The van der Waals surface area contributed by atoms with Crippen LogP contribution in [0.4, 0.5) is 0 Å². The van der Waals surface area contributed by atoms with Gasteiger partial charge in [0, 0.05) is 30.9 Å². The van der Waals surface area contributed by atoms with Gasteiger partial charge < -0.3 is 5.73 Å². The maximum absolute atomic E-state index is 6.48. The van der Waals surface area contributed by atoms with Gasteiger partial charge in [-0.2, -0.15) is 5.10 Å². The topological polar surface area (TPSA) is 47.1 Å². The fraction of sp³-hybridized carbons (Fsp3) is 0.800. The summed E-state index contributed by atoms with van der Waals surface area (Å²) in [7, 11) is 2.01. The van der Waals surface area contributed by atoms with Crippen LogP contribution in [0.1, 0.15) is 50.4 Å². The Kier molecular flexibility index (Phi) is 4.63. The van der Waals surface area contributed by atoms with Gasteiger partial charge in [-0.15, -0.1) is 0 Å². The molecular weight excluding hydrogens is 236 g/mol. The number of hydrogen-bond acceptors (Lipinski definition) is 3. The third kappa shape index (κ3) is 3.18. The molecule has 1 aliphatic heterocycles. The Balaban J connectivity index is 2.31. The highest BCUT2D eigenvalue weighted by Gasteiger charge is 2.31. The van der Waals surface area contributed by atoms with Gasteiger partial charge in [0.05, 0.1) is 12.2 Å². The van der Waals surface area contributed by atoms with Crippen LogP contribution >= 0.6 is 0 Å². The third-order valence-electron chi connectivity index (χ3n) is 4.22. The van der Waals surface area contributed by atoms with Crippen LogP contribution in [-0.4, -0.2) is 33.8 Å². The number of aryl methyl sites for hydroxylation is 1. The molecule has 2 rings (SSSR count).